The summed E-state index contributed by atoms with van der Waals surface area (Å²) >= 11 is 1.65. The number of hydrogen-bond acceptors (Lipinski definition) is 3. The molecule has 0 saturated carbocycles. The average Bonchev–Trinajstić information content (AvgIpc) is 2.91. The van der Waals surface area contributed by atoms with E-state index in [2.05, 4.69) is 21.0 Å². The number of urea groups is 1. The van der Waals surface area contributed by atoms with E-state index in [0.29, 0.717) is 13.1 Å². The quantitative estimate of drug-likeness (QED) is 0.889. The fourth-order valence-electron chi connectivity index (χ4n) is 1.56. The van der Waals surface area contributed by atoms with Crippen LogP contribution in [-0.2, 0) is 6.54 Å². The molecule has 2 N–H and O–H groups in total. The summed E-state index contributed by atoms with van der Waals surface area (Å²) in [5, 5.41) is 9.57. The van der Waals surface area contributed by atoms with E-state index in [9.17, 15) is 4.79 Å². The molecule has 4 nitrogen and oxygen atoms in total. The predicted octanol–water partition coefficient (Wildman–Crippen LogP) is 2.63. The summed E-state index contributed by atoms with van der Waals surface area (Å²) in [4.78, 5) is 15.6. The van der Waals surface area contributed by atoms with E-state index in [1.165, 1.54) is 0 Å². The zero-order valence-corrected chi connectivity index (χ0v) is 11.0. The molecule has 0 aliphatic rings. The first-order chi connectivity index (χ1) is 8.79. The molecule has 0 radical (unpaired) electrons. The lowest BCUT2D eigenvalue weighted by atomic mass is 10.1. The number of pyridine rings is 1. The van der Waals surface area contributed by atoms with Crippen molar-refractivity contribution in [1.29, 1.82) is 0 Å². The Kier molecular flexibility index (Phi) is 4.30. The first-order valence-corrected chi connectivity index (χ1v) is 6.73. The second kappa shape index (κ2) is 6.16. The minimum absolute atomic E-state index is 0.147. The Morgan fingerprint density at radius 1 is 1.39 bits per heavy atom. The van der Waals surface area contributed by atoms with E-state index in [0.717, 1.165) is 16.8 Å². The molecule has 2 rings (SSSR count). The van der Waals surface area contributed by atoms with Gasteiger partial charge in [-0.25, -0.2) is 4.79 Å². The Balaban J connectivity index is 2.02. The molecule has 0 aliphatic heterocycles. The molecule has 0 unspecified atom stereocenters. The predicted molar refractivity (Wildman–Crippen MR) is 73.5 cm³/mol. The Morgan fingerprint density at radius 2 is 2.28 bits per heavy atom. The van der Waals surface area contributed by atoms with Crippen LogP contribution in [0.1, 0.15) is 12.5 Å². The molecular formula is C13H15N3OS. The molecule has 2 amide bonds. The van der Waals surface area contributed by atoms with Crippen LogP contribution < -0.4 is 10.6 Å². The zero-order valence-electron chi connectivity index (χ0n) is 10.1. The molecule has 0 aliphatic carbocycles. The Morgan fingerprint density at radius 3 is 3.00 bits per heavy atom. The van der Waals surface area contributed by atoms with Gasteiger partial charge in [-0.15, -0.1) is 0 Å². The number of hydrogen-bond donors (Lipinski definition) is 2. The van der Waals surface area contributed by atoms with Crippen molar-refractivity contribution in [2.24, 2.45) is 0 Å². The maximum Gasteiger partial charge on any atom is 0.315 e. The van der Waals surface area contributed by atoms with Gasteiger partial charge in [0.25, 0.3) is 0 Å². The number of nitrogens with one attached hydrogen (secondary N) is 2. The molecule has 94 valence electrons. The largest absolute Gasteiger partial charge is 0.338 e. The number of rotatable bonds is 4. The number of nitrogens with zero attached hydrogens (tertiary/aromatic N) is 1. The molecular weight excluding hydrogens is 246 g/mol. The molecule has 2 heterocycles. The number of carbonyl (C=O) groups excluding carboxylic acids is 1. The van der Waals surface area contributed by atoms with Gasteiger partial charge in [-0.3, -0.25) is 4.98 Å². The van der Waals surface area contributed by atoms with E-state index in [1.54, 1.807) is 17.5 Å². The van der Waals surface area contributed by atoms with Gasteiger partial charge in [0, 0.05) is 30.2 Å². The molecule has 0 atom stereocenters. The van der Waals surface area contributed by atoms with Gasteiger partial charge >= 0.3 is 6.03 Å². The fraction of sp³-hybridized carbons (Fsp3) is 0.231. The van der Waals surface area contributed by atoms with Crippen LogP contribution in [0, 0.1) is 0 Å². The van der Waals surface area contributed by atoms with Gasteiger partial charge < -0.3 is 10.6 Å². The molecule has 0 saturated heterocycles. The highest BCUT2D eigenvalue weighted by Crippen LogP contribution is 2.20. The monoisotopic (exact) mass is 261 g/mol. The molecule has 0 aromatic carbocycles. The van der Waals surface area contributed by atoms with E-state index >= 15 is 0 Å². The number of carbonyl (C=O) groups is 1. The van der Waals surface area contributed by atoms with Crippen molar-refractivity contribution >= 4 is 17.4 Å². The van der Waals surface area contributed by atoms with E-state index in [-0.39, 0.29) is 6.03 Å². The first-order valence-electron chi connectivity index (χ1n) is 5.79. The number of aromatic nitrogens is 1. The van der Waals surface area contributed by atoms with Crippen molar-refractivity contribution in [1.82, 2.24) is 15.6 Å². The van der Waals surface area contributed by atoms with Gasteiger partial charge in [0.2, 0.25) is 0 Å². The Bertz CT molecular complexity index is 511. The lowest BCUT2D eigenvalue weighted by Gasteiger charge is -2.06. The molecule has 18 heavy (non-hydrogen) atoms. The second-order valence-corrected chi connectivity index (χ2v) is 4.55. The maximum absolute atomic E-state index is 11.3. The summed E-state index contributed by atoms with van der Waals surface area (Å²) in [6.45, 7) is 3.02. The van der Waals surface area contributed by atoms with E-state index in [4.69, 9.17) is 0 Å². The minimum atomic E-state index is -0.147. The third-order valence-corrected chi connectivity index (χ3v) is 3.11. The van der Waals surface area contributed by atoms with Crippen molar-refractivity contribution in [3.63, 3.8) is 0 Å². The highest BCUT2D eigenvalue weighted by molar-refractivity contribution is 7.08. The third kappa shape index (κ3) is 3.30. The van der Waals surface area contributed by atoms with Gasteiger partial charge in [-0.1, -0.05) is 0 Å². The van der Waals surface area contributed by atoms with E-state index < -0.39 is 0 Å². The smallest absolute Gasteiger partial charge is 0.315 e. The minimum Gasteiger partial charge on any atom is -0.338 e. The van der Waals surface area contributed by atoms with Crippen molar-refractivity contribution in [2.75, 3.05) is 6.54 Å². The first kappa shape index (κ1) is 12.6. The summed E-state index contributed by atoms with van der Waals surface area (Å²) in [5.74, 6) is 0. The third-order valence-electron chi connectivity index (χ3n) is 2.43. The van der Waals surface area contributed by atoms with Crippen LogP contribution in [0.2, 0.25) is 0 Å². The van der Waals surface area contributed by atoms with Crippen molar-refractivity contribution < 1.29 is 4.79 Å². The SMILES string of the molecule is CCNC(=O)NCc1ccnc(-c2ccsc2)c1. The summed E-state index contributed by atoms with van der Waals surface area (Å²) in [7, 11) is 0. The average molecular weight is 261 g/mol. The number of thiophene rings is 1. The van der Waals surface area contributed by atoms with Crippen LogP contribution in [0.4, 0.5) is 4.79 Å². The molecule has 0 bridgehead atoms. The van der Waals surface area contributed by atoms with Gasteiger partial charge in [0.1, 0.15) is 0 Å². The number of amides is 2. The van der Waals surface area contributed by atoms with Gasteiger partial charge in [0.05, 0.1) is 5.69 Å². The summed E-state index contributed by atoms with van der Waals surface area (Å²) in [6.07, 6.45) is 1.77. The lowest BCUT2D eigenvalue weighted by Crippen LogP contribution is -2.34. The maximum atomic E-state index is 11.3. The van der Waals surface area contributed by atoms with Gasteiger partial charge in [-0.2, -0.15) is 11.3 Å². The molecule has 0 spiro atoms. The normalized spacial score (nSPS) is 10.1. The van der Waals surface area contributed by atoms with Crippen LogP contribution in [0.5, 0.6) is 0 Å². The fourth-order valence-corrected chi connectivity index (χ4v) is 2.21. The topological polar surface area (TPSA) is 54.0 Å². The second-order valence-electron chi connectivity index (χ2n) is 3.77. The van der Waals surface area contributed by atoms with E-state index in [1.807, 2.05) is 30.5 Å². The molecule has 2 aromatic heterocycles. The van der Waals surface area contributed by atoms with Gasteiger partial charge in [-0.05, 0) is 36.1 Å². The zero-order chi connectivity index (χ0) is 12.8. The highest BCUT2D eigenvalue weighted by atomic mass is 32.1. The molecule has 2 aromatic rings. The van der Waals surface area contributed by atoms with Crippen LogP contribution in [-0.4, -0.2) is 17.6 Å². The summed E-state index contributed by atoms with van der Waals surface area (Å²) in [6, 6.07) is 5.79. The Labute approximate surface area is 110 Å². The van der Waals surface area contributed by atoms with Crippen LogP contribution >= 0.6 is 11.3 Å². The van der Waals surface area contributed by atoms with Crippen LogP contribution in [0.3, 0.4) is 0 Å². The Hall–Kier alpha value is -1.88. The van der Waals surface area contributed by atoms with Gasteiger partial charge in [0.15, 0.2) is 0 Å². The van der Waals surface area contributed by atoms with Crippen molar-refractivity contribution in [3.05, 3.63) is 40.7 Å². The van der Waals surface area contributed by atoms with Crippen LogP contribution in [0.25, 0.3) is 11.3 Å². The summed E-state index contributed by atoms with van der Waals surface area (Å²) in [5.41, 5.74) is 3.09. The van der Waals surface area contributed by atoms with Crippen molar-refractivity contribution in [3.8, 4) is 11.3 Å². The van der Waals surface area contributed by atoms with Crippen LogP contribution in [0.15, 0.2) is 35.2 Å². The molecule has 5 heteroatoms. The standard InChI is InChI=1S/C13H15N3OS/c1-2-14-13(17)16-8-10-3-5-15-12(7-10)11-4-6-18-9-11/h3-7,9H,2,8H2,1H3,(H2,14,16,17). The highest BCUT2D eigenvalue weighted by Gasteiger charge is 2.02. The van der Waals surface area contributed by atoms with Crippen molar-refractivity contribution in [2.45, 2.75) is 13.5 Å². The lowest BCUT2D eigenvalue weighted by molar-refractivity contribution is 0.241. The molecule has 0 fully saturated rings. The summed E-state index contributed by atoms with van der Waals surface area (Å²) < 4.78 is 0.